The first-order valence-electron chi connectivity index (χ1n) is 7.13. The Morgan fingerprint density at radius 1 is 1.05 bits per heavy atom. The van der Waals surface area contributed by atoms with E-state index in [9.17, 15) is 0 Å². The highest BCUT2D eigenvalue weighted by molar-refractivity contribution is 5.59. The molecule has 0 bridgehead atoms. The maximum absolute atomic E-state index is 5.46. The zero-order chi connectivity index (χ0) is 15.5. The van der Waals surface area contributed by atoms with Gasteiger partial charge in [-0.15, -0.1) is 0 Å². The molecule has 0 aliphatic rings. The quantitative estimate of drug-likeness (QED) is 0.795. The van der Waals surface area contributed by atoms with E-state index in [4.69, 9.17) is 10.3 Å². The van der Waals surface area contributed by atoms with E-state index in [0.29, 0.717) is 23.2 Å². The number of rotatable bonds is 4. The number of anilines is 1. The van der Waals surface area contributed by atoms with Gasteiger partial charge in [-0.3, -0.25) is 0 Å². The SMILES string of the molecule is CC(C)Cc1ccc(-c2nc(-c3cnc(N)nc3)no2)cc1. The Bertz CT molecular complexity index is 747. The van der Waals surface area contributed by atoms with Crippen LogP contribution in [0, 0.1) is 5.92 Å². The Morgan fingerprint density at radius 3 is 2.36 bits per heavy atom. The van der Waals surface area contributed by atoms with E-state index >= 15 is 0 Å². The average molecular weight is 295 g/mol. The molecule has 6 heteroatoms. The maximum Gasteiger partial charge on any atom is 0.258 e. The van der Waals surface area contributed by atoms with E-state index in [-0.39, 0.29) is 5.95 Å². The molecule has 2 N–H and O–H groups in total. The number of nitrogens with two attached hydrogens (primary N) is 1. The lowest BCUT2D eigenvalue weighted by Gasteiger charge is -2.04. The molecule has 0 aliphatic heterocycles. The predicted octanol–water partition coefficient (Wildman–Crippen LogP) is 2.97. The Kier molecular flexibility index (Phi) is 3.82. The average Bonchev–Trinajstić information content (AvgIpc) is 2.98. The fourth-order valence-electron chi connectivity index (χ4n) is 2.17. The van der Waals surface area contributed by atoms with Crippen molar-refractivity contribution in [1.29, 1.82) is 0 Å². The van der Waals surface area contributed by atoms with E-state index in [1.54, 1.807) is 12.4 Å². The summed E-state index contributed by atoms with van der Waals surface area (Å²) in [6, 6.07) is 8.17. The second kappa shape index (κ2) is 5.93. The van der Waals surface area contributed by atoms with Crippen LogP contribution in [0.2, 0.25) is 0 Å². The first-order valence-corrected chi connectivity index (χ1v) is 7.13. The molecule has 0 radical (unpaired) electrons. The van der Waals surface area contributed by atoms with Crippen molar-refractivity contribution >= 4 is 5.95 Å². The minimum atomic E-state index is 0.216. The Labute approximate surface area is 128 Å². The van der Waals surface area contributed by atoms with Gasteiger partial charge >= 0.3 is 0 Å². The molecule has 0 fully saturated rings. The van der Waals surface area contributed by atoms with Gasteiger partial charge in [-0.2, -0.15) is 4.98 Å². The van der Waals surface area contributed by atoms with E-state index < -0.39 is 0 Å². The van der Waals surface area contributed by atoms with Crippen molar-refractivity contribution in [3.05, 3.63) is 42.2 Å². The van der Waals surface area contributed by atoms with Gasteiger partial charge in [0.2, 0.25) is 11.8 Å². The summed E-state index contributed by atoms with van der Waals surface area (Å²) in [7, 11) is 0. The summed E-state index contributed by atoms with van der Waals surface area (Å²) in [5.74, 6) is 1.77. The van der Waals surface area contributed by atoms with Crippen molar-refractivity contribution in [2.75, 3.05) is 5.73 Å². The molecule has 112 valence electrons. The Morgan fingerprint density at radius 2 is 1.73 bits per heavy atom. The molecule has 1 aromatic carbocycles. The summed E-state index contributed by atoms with van der Waals surface area (Å²) in [6.45, 7) is 4.40. The molecule has 3 rings (SSSR count). The molecule has 3 aromatic rings. The number of nitrogen functional groups attached to an aromatic ring is 1. The predicted molar refractivity (Wildman–Crippen MR) is 83.7 cm³/mol. The summed E-state index contributed by atoms with van der Waals surface area (Å²) in [6.07, 6.45) is 4.20. The zero-order valence-electron chi connectivity index (χ0n) is 12.5. The van der Waals surface area contributed by atoms with Crippen LogP contribution < -0.4 is 5.73 Å². The normalized spacial score (nSPS) is 11.0. The standard InChI is InChI=1S/C16H17N5O/c1-10(2)7-11-3-5-12(6-4-11)15-20-14(21-22-15)13-8-18-16(17)19-9-13/h3-6,8-10H,7H2,1-2H3,(H2,17,18,19). The van der Waals surface area contributed by atoms with Gasteiger partial charge in [0.1, 0.15) is 0 Å². The van der Waals surface area contributed by atoms with Crippen LogP contribution in [0.1, 0.15) is 19.4 Å². The third-order valence-electron chi connectivity index (χ3n) is 3.20. The van der Waals surface area contributed by atoms with Crippen molar-refractivity contribution in [2.24, 2.45) is 5.92 Å². The lowest BCUT2D eigenvalue weighted by molar-refractivity contribution is 0.432. The monoisotopic (exact) mass is 295 g/mol. The molecule has 0 unspecified atom stereocenters. The molecule has 0 aliphatic carbocycles. The molecule has 0 amide bonds. The first kappa shape index (κ1) is 14.2. The van der Waals surface area contributed by atoms with Crippen molar-refractivity contribution in [2.45, 2.75) is 20.3 Å². The van der Waals surface area contributed by atoms with Gasteiger partial charge in [-0.05, 0) is 30.0 Å². The molecule has 0 spiro atoms. The summed E-state index contributed by atoms with van der Waals surface area (Å²) in [5.41, 5.74) is 8.32. The second-order valence-corrected chi connectivity index (χ2v) is 5.55. The molecule has 2 heterocycles. The first-order chi connectivity index (χ1) is 10.6. The third-order valence-corrected chi connectivity index (χ3v) is 3.20. The van der Waals surface area contributed by atoms with Gasteiger partial charge < -0.3 is 10.3 Å². The largest absolute Gasteiger partial charge is 0.368 e. The van der Waals surface area contributed by atoms with Crippen LogP contribution >= 0.6 is 0 Å². The fourth-order valence-corrected chi connectivity index (χ4v) is 2.17. The van der Waals surface area contributed by atoms with Gasteiger partial charge in [-0.1, -0.05) is 31.1 Å². The van der Waals surface area contributed by atoms with Crippen molar-refractivity contribution in [1.82, 2.24) is 20.1 Å². The summed E-state index contributed by atoms with van der Waals surface area (Å²) < 4.78 is 5.31. The molecular formula is C16H17N5O. The number of hydrogen-bond donors (Lipinski definition) is 1. The highest BCUT2D eigenvalue weighted by atomic mass is 16.5. The fraction of sp³-hybridized carbons (Fsp3) is 0.250. The minimum Gasteiger partial charge on any atom is -0.368 e. The molecule has 22 heavy (non-hydrogen) atoms. The highest BCUT2D eigenvalue weighted by Gasteiger charge is 2.11. The molecule has 6 nitrogen and oxygen atoms in total. The Balaban J connectivity index is 1.82. The maximum atomic E-state index is 5.46. The van der Waals surface area contributed by atoms with Gasteiger partial charge in [-0.25, -0.2) is 9.97 Å². The lowest BCUT2D eigenvalue weighted by atomic mass is 10.0. The smallest absolute Gasteiger partial charge is 0.258 e. The van der Waals surface area contributed by atoms with Gasteiger partial charge in [0.25, 0.3) is 5.89 Å². The van der Waals surface area contributed by atoms with Crippen LogP contribution in [0.25, 0.3) is 22.8 Å². The highest BCUT2D eigenvalue weighted by Crippen LogP contribution is 2.22. The zero-order valence-corrected chi connectivity index (χ0v) is 12.5. The third kappa shape index (κ3) is 3.11. The lowest BCUT2D eigenvalue weighted by Crippen LogP contribution is -1.94. The molecular weight excluding hydrogens is 278 g/mol. The topological polar surface area (TPSA) is 90.7 Å². The van der Waals surface area contributed by atoms with Crippen molar-refractivity contribution in [3.8, 4) is 22.8 Å². The number of hydrogen-bond acceptors (Lipinski definition) is 6. The molecule has 0 saturated carbocycles. The second-order valence-electron chi connectivity index (χ2n) is 5.55. The number of nitrogens with zero attached hydrogens (tertiary/aromatic N) is 4. The van der Waals surface area contributed by atoms with Gasteiger partial charge in [0, 0.05) is 18.0 Å². The van der Waals surface area contributed by atoms with Crippen molar-refractivity contribution in [3.63, 3.8) is 0 Å². The van der Waals surface area contributed by atoms with Crippen LogP contribution in [-0.4, -0.2) is 20.1 Å². The summed E-state index contributed by atoms with van der Waals surface area (Å²) in [5, 5.41) is 3.96. The van der Waals surface area contributed by atoms with E-state index in [1.807, 2.05) is 12.1 Å². The van der Waals surface area contributed by atoms with Gasteiger partial charge in [0.15, 0.2) is 0 Å². The van der Waals surface area contributed by atoms with Crippen LogP contribution in [0.4, 0.5) is 5.95 Å². The summed E-state index contributed by atoms with van der Waals surface area (Å²) in [4.78, 5) is 12.2. The number of aromatic nitrogens is 4. The number of benzene rings is 1. The van der Waals surface area contributed by atoms with Crippen molar-refractivity contribution < 1.29 is 4.52 Å². The van der Waals surface area contributed by atoms with Crippen LogP contribution in [0.5, 0.6) is 0 Å². The molecule has 0 saturated heterocycles. The minimum absolute atomic E-state index is 0.216. The molecule has 0 atom stereocenters. The van der Waals surface area contributed by atoms with Crippen LogP contribution in [0.15, 0.2) is 41.2 Å². The molecule has 2 aromatic heterocycles. The van der Waals surface area contributed by atoms with E-state index in [2.05, 4.69) is 46.1 Å². The van der Waals surface area contributed by atoms with Gasteiger partial charge in [0.05, 0.1) is 5.56 Å². The van der Waals surface area contributed by atoms with E-state index in [0.717, 1.165) is 12.0 Å². The Hall–Kier alpha value is -2.76. The van der Waals surface area contributed by atoms with Crippen LogP contribution in [0.3, 0.4) is 0 Å². The van der Waals surface area contributed by atoms with E-state index in [1.165, 1.54) is 5.56 Å². The summed E-state index contributed by atoms with van der Waals surface area (Å²) >= 11 is 0. The van der Waals surface area contributed by atoms with Crippen LogP contribution in [-0.2, 0) is 6.42 Å².